The number of anilines is 2. The molecule has 3 aromatic rings. The van der Waals surface area contributed by atoms with Gasteiger partial charge in [-0.2, -0.15) is 0 Å². The third-order valence-electron chi connectivity index (χ3n) is 5.63. The molecule has 1 aliphatic rings. The summed E-state index contributed by atoms with van der Waals surface area (Å²) in [7, 11) is 0. The summed E-state index contributed by atoms with van der Waals surface area (Å²) in [4.78, 5) is 20.9. The molecule has 1 atom stereocenters. The van der Waals surface area contributed by atoms with Gasteiger partial charge in [-0.15, -0.1) is 0 Å². The highest BCUT2D eigenvalue weighted by Crippen LogP contribution is 2.30. The minimum absolute atomic E-state index is 0.122. The smallest absolute Gasteiger partial charge is 0.324 e. The van der Waals surface area contributed by atoms with Crippen LogP contribution in [-0.2, 0) is 6.42 Å². The average Bonchev–Trinajstić information content (AvgIpc) is 3.24. The van der Waals surface area contributed by atoms with E-state index in [1.54, 1.807) is 6.20 Å². The first-order valence-electron chi connectivity index (χ1n) is 10.9. The number of nitrogens with one attached hydrogen (secondary N) is 3. The zero-order valence-corrected chi connectivity index (χ0v) is 18.5. The number of amides is 2. The molecule has 1 unspecified atom stereocenters. The predicted molar refractivity (Wildman–Crippen MR) is 126 cm³/mol. The Morgan fingerprint density at radius 1 is 1.09 bits per heavy atom. The molecule has 7 heteroatoms. The number of hydrogen-bond donors (Lipinski definition) is 3. The third-order valence-corrected chi connectivity index (χ3v) is 5.63. The Balaban J connectivity index is 1.45. The molecule has 0 spiro atoms. The highest BCUT2D eigenvalue weighted by Gasteiger charge is 2.34. The van der Waals surface area contributed by atoms with Gasteiger partial charge in [0.1, 0.15) is 12.4 Å². The van der Waals surface area contributed by atoms with Crippen LogP contribution in [0.2, 0.25) is 0 Å². The van der Waals surface area contributed by atoms with E-state index in [2.05, 4.69) is 50.2 Å². The predicted octanol–water partition coefficient (Wildman–Crippen LogP) is 4.48. The van der Waals surface area contributed by atoms with Crippen LogP contribution in [-0.4, -0.2) is 34.7 Å². The van der Waals surface area contributed by atoms with Gasteiger partial charge in [0.15, 0.2) is 5.82 Å². The molecule has 1 fully saturated rings. The van der Waals surface area contributed by atoms with Gasteiger partial charge < -0.3 is 15.4 Å². The Morgan fingerprint density at radius 3 is 2.66 bits per heavy atom. The molecule has 0 bridgehead atoms. The monoisotopic (exact) mass is 431 g/mol. The number of rotatable bonds is 7. The Kier molecular flexibility index (Phi) is 6.66. The largest absolute Gasteiger partial charge is 0.489 e. The molecule has 4 rings (SSSR count). The quantitative estimate of drug-likeness (QED) is 0.513. The number of carbonyl (C=O) groups is 1. The van der Waals surface area contributed by atoms with Crippen molar-refractivity contribution in [2.45, 2.75) is 38.6 Å². The number of benzene rings is 2. The second-order valence-corrected chi connectivity index (χ2v) is 8.38. The van der Waals surface area contributed by atoms with Crippen molar-refractivity contribution in [3.63, 3.8) is 0 Å². The van der Waals surface area contributed by atoms with E-state index < -0.39 is 6.03 Å². The number of nitrogens with zero attached hydrogens (tertiary/aromatic N) is 2. The summed E-state index contributed by atoms with van der Waals surface area (Å²) in [6.45, 7) is 5.32. The summed E-state index contributed by atoms with van der Waals surface area (Å²) >= 11 is 0. The molecule has 2 heterocycles. The van der Waals surface area contributed by atoms with Gasteiger partial charge in [-0.25, -0.2) is 9.78 Å². The lowest BCUT2D eigenvalue weighted by Crippen LogP contribution is -2.47. The molecule has 0 saturated carbocycles. The van der Waals surface area contributed by atoms with Crippen molar-refractivity contribution in [2.75, 3.05) is 23.8 Å². The molecular weight excluding hydrogens is 402 g/mol. The Hall–Kier alpha value is -3.45. The fourth-order valence-corrected chi connectivity index (χ4v) is 3.99. The summed E-state index contributed by atoms with van der Waals surface area (Å²) in [5, 5.41) is 9.26. The normalized spacial score (nSPS) is 17.7. The van der Waals surface area contributed by atoms with E-state index in [-0.39, 0.29) is 5.54 Å². The third kappa shape index (κ3) is 5.62. The molecule has 2 amide bonds. The highest BCUT2D eigenvalue weighted by molar-refractivity contribution is 6.00. The van der Waals surface area contributed by atoms with E-state index in [0.29, 0.717) is 23.9 Å². The van der Waals surface area contributed by atoms with Crippen molar-refractivity contribution in [3.8, 4) is 5.75 Å². The molecule has 0 radical (unpaired) electrons. The summed E-state index contributed by atoms with van der Waals surface area (Å²) in [6.07, 6.45) is 6.20. The van der Waals surface area contributed by atoms with Gasteiger partial charge >= 0.3 is 6.03 Å². The first-order valence-corrected chi connectivity index (χ1v) is 10.9. The maximum absolute atomic E-state index is 12.5. The van der Waals surface area contributed by atoms with Gasteiger partial charge in [-0.3, -0.25) is 10.3 Å². The summed E-state index contributed by atoms with van der Waals surface area (Å²) < 4.78 is 6.29. The average molecular weight is 432 g/mol. The molecular formula is C25H29N5O2. The number of aryl methyl sites for hydroxylation is 2. The van der Waals surface area contributed by atoms with E-state index in [1.807, 2.05) is 38.1 Å². The van der Waals surface area contributed by atoms with Crippen LogP contribution in [0.25, 0.3) is 0 Å². The maximum atomic E-state index is 12.5. The van der Waals surface area contributed by atoms with E-state index in [9.17, 15) is 4.79 Å². The van der Waals surface area contributed by atoms with Crippen LogP contribution >= 0.6 is 0 Å². The number of urea groups is 1. The van der Waals surface area contributed by atoms with Gasteiger partial charge in [-0.05, 0) is 62.9 Å². The molecule has 32 heavy (non-hydrogen) atoms. The zero-order valence-electron chi connectivity index (χ0n) is 18.5. The van der Waals surface area contributed by atoms with Gasteiger partial charge in [0, 0.05) is 0 Å². The van der Waals surface area contributed by atoms with Crippen LogP contribution in [0.4, 0.5) is 16.3 Å². The fraction of sp³-hybridized carbons (Fsp3) is 0.320. The van der Waals surface area contributed by atoms with E-state index in [0.717, 1.165) is 37.1 Å². The summed E-state index contributed by atoms with van der Waals surface area (Å²) in [5.41, 5.74) is 3.60. The van der Waals surface area contributed by atoms with Crippen LogP contribution in [0.5, 0.6) is 5.75 Å². The molecule has 1 saturated heterocycles. The van der Waals surface area contributed by atoms with Crippen molar-refractivity contribution < 1.29 is 9.53 Å². The van der Waals surface area contributed by atoms with E-state index >= 15 is 0 Å². The first kappa shape index (κ1) is 21.8. The minimum Gasteiger partial charge on any atom is -0.489 e. The van der Waals surface area contributed by atoms with Gasteiger partial charge in [0.25, 0.3) is 0 Å². The molecule has 7 nitrogen and oxygen atoms in total. The number of ether oxygens (including phenoxy) is 1. The minimum atomic E-state index is -0.392. The van der Waals surface area contributed by atoms with Crippen molar-refractivity contribution >= 4 is 17.5 Å². The SMILES string of the molecule is Cc1ccc(OCC2(Cc3ccccc3)CCCN2)c(NC(=O)Nc2cnc(C)cn2)c1. The topological polar surface area (TPSA) is 88.2 Å². The van der Waals surface area contributed by atoms with Gasteiger partial charge in [0.2, 0.25) is 0 Å². The Labute approximate surface area is 188 Å². The van der Waals surface area contributed by atoms with Crippen LogP contribution in [0.15, 0.2) is 60.9 Å². The van der Waals surface area contributed by atoms with Crippen LogP contribution in [0.3, 0.4) is 0 Å². The standard InChI is InChI=1S/C25H29N5O2/c1-18-9-10-22(21(13-18)29-24(31)30-23-16-26-19(2)15-27-23)32-17-25(11-6-12-28-25)14-20-7-4-3-5-8-20/h3-5,7-10,13,15-16,28H,6,11-12,14,17H2,1-2H3,(H2,27,29,30,31). The Morgan fingerprint density at radius 2 is 1.94 bits per heavy atom. The molecule has 166 valence electrons. The van der Waals surface area contributed by atoms with Crippen LogP contribution in [0, 0.1) is 13.8 Å². The number of aromatic nitrogens is 2. The summed E-state index contributed by atoms with van der Waals surface area (Å²) in [6, 6.07) is 15.9. The van der Waals surface area contributed by atoms with Crippen molar-refractivity contribution in [1.82, 2.24) is 15.3 Å². The molecule has 3 N–H and O–H groups in total. The van der Waals surface area contributed by atoms with Gasteiger partial charge in [0.05, 0.1) is 29.3 Å². The Bertz CT molecular complexity index is 1050. The second kappa shape index (κ2) is 9.78. The van der Waals surface area contributed by atoms with E-state index in [4.69, 9.17) is 4.74 Å². The van der Waals surface area contributed by atoms with Gasteiger partial charge in [-0.1, -0.05) is 36.4 Å². The number of carbonyl (C=O) groups excluding carboxylic acids is 1. The second-order valence-electron chi connectivity index (χ2n) is 8.38. The first-order chi connectivity index (χ1) is 15.5. The van der Waals surface area contributed by atoms with Crippen molar-refractivity contribution in [2.24, 2.45) is 0 Å². The number of hydrogen-bond acceptors (Lipinski definition) is 5. The molecule has 1 aliphatic heterocycles. The summed E-state index contributed by atoms with van der Waals surface area (Å²) in [5.74, 6) is 1.03. The maximum Gasteiger partial charge on any atom is 0.324 e. The van der Waals surface area contributed by atoms with Crippen LogP contribution in [0.1, 0.15) is 29.7 Å². The molecule has 1 aromatic heterocycles. The van der Waals surface area contributed by atoms with Crippen molar-refractivity contribution in [3.05, 3.63) is 77.7 Å². The lowest BCUT2D eigenvalue weighted by Gasteiger charge is -2.30. The van der Waals surface area contributed by atoms with E-state index in [1.165, 1.54) is 11.8 Å². The lowest BCUT2D eigenvalue weighted by atomic mass is 9.90. The van der Waals surface area contributed by atoms with Crippen molar-refractivity contribution in [1.29, 1.82) is 0 Å². The van der Waals surface area contributed by atoms with Crippen LogP contribution < -0.4 is 20.7 Å². The lowest BCUT2D eigenvalue weighted by molar-refractivity contribution is 0.197. The molecule has 2 aromatic carbocycles. The fourth-order valence-electron chi connectivity index (χ4n) is 3.99. The molecule has 0 aliphatic carbocycles. The zero-order chi connectivity index (χ0) is 22.4. The highest BCUT2D eigenvalue weighted by atomic mass is 16.5.